The number of carboxylic acid groups (broad SMARTS) is 1. The zero-order chi connectivity index (χ0) is 13.9. The summed E-state index contributed by atoms with van der Waals surface area (Å²) in [4.78, 5) is 10.6. The molecule has 102 valence electrons. The summed E-state index contributed by atoms with van der Waals surface area (Å²) in [6.07, 6.45) is 1.66. The van der Waals surface area contributed by atoms with Crippen LogP contribution in [-0.4, -0.2) is 41.3 Å². The number of hydrogen-bond acceptors (Lipinski definition) is 4. The first-order chi connectivity index (χ1) is 8.20. The minimum Gasteiger partial charge on any atom is -0.481 e. The summed E-state index contributed by atoms with van der Waals surface area (Å²) in [5, 5.41) is 12.9. The number of sulfone groups is 1. The van der Waals surface area contributed by atoms with Crippen LogP contribution in [0.25, 0.3) is 0 Å². The Kier molecular flexibility index (Phi) is 4.50. The van der Waals surface area contributed by atoms with Gasteiger partial charge in [-0.1, -0.05) is 0 Å². The summed E-state index contributed by atoms with van der Waals surface area (Å²) in [5.74, 6) is -0.814. The second kappa shape index (κ2) is 5.51. The van der Waals surface area contributed by atoms with Crippen LogP contribution >= 0.6 is 0 Å². The normalized spacial score (nSPS) is 11.7. The molecular weight excluding hydrogens is 256 g/mol. The van der Waals surface area contributed by atoms with Crippen molar-refractivity contribution >= 4 is 15.8 Å². The standard InChI is InChI=1S/C11H18N2O4S/c1-8-10(4-5-11(14)15)9(2)13(12-8)6-7-18(3,16)17/h4-7H2,1-3H3,(H,14,15). The average molecular weight is 274 g/mol. The molecule has 0 aromatic carbocycles. The zero-order valence-corrected chi connectivity index (χ0v) is 11.6. The van der Waals surface area contributed by atoms with E-state index in [2.05, 4.69) is 5.10 Å². The van der Waals surface area contributed by atoms with E-state index in [0.29, 0.717) is 13.0 Å². The smallest absolute Gasteiger partial charge is 0.303 e. The van der Waals surface area contributed by atoms with Crippen LogP contribution in [0.2, 0.25) is 0 Å². The summed E-state index contributed by atoms with van der Waals surface area (Å²) in [7, 11) is -3.02. The van der Waals surface area contributed by atoms with E-state index in [1.54, 1.807) is 11.6 Å². The van der Waals surface area contributed by atoms with Crippen LogP contribution in [0.15, 0.2) is 0 Å². The van der Waals surface area contributed by atoms with Crippen molar-refractivity contribution in [2.24, 2.45) is 0 Å². The van der Waals surface area contributed by atoms with Crippen molar-refractivity contribution in [3.05, 3.63) is 17.0 Å². The zero-order valence-electron chi connectivity index (χ0n) is 10.8. The number of aliphatic carboxylic acids is 1. The third-order valence-corrected chi connectivity index (χ3v) is 3.72. The predicted molar refractivity (Wildman–Crippen MR) is 67.4 cm³/mol. The van der Waals surface area contributed by atoms with E-state index in [-0.39, 0.29) is 12.2 Å². The fraction of sp³-hybridized carbons (Fsp3) is 0.636. The highest BCUT2D eigenvalue weighted by Gasteiger charge is 2.13. The second-order valence-electron chi connectivity index (χ2n) is 4.40. The maximum absolute atomic E-state index is 11.1. The molecule has 1 aromatic heterocycles. The Morgan fingerprint density at radius 1 is 1.39 bits per heavy atom. The average Bonchev–Trinajstić information content (AvgIpc) is 2.47. The molecule has 0 saturated carbocycles. The Bertz CT molecular complexity index is 546. The molecule has 0 unspecified atom stereocenters. The van der Waals surface area contributed by atoms with Gasteiger partial charge in [0.1, 0.15) is 9.84 Å². The molecule has 0 fully saturated rings. The quantitative estimate of drug-likeness (QED) is 0.818. The van der Waals surface area contributed by atoms with Gasteiger partial charge in [-0.25, -0.2) is 8.42 Å². The molecule has 1 rings (SSSR count). The highest BCUT2D eigenvalue weighted by Crippen LogP contribution is 2.15. The third-order valence-electron chi connectivity index (χ3n) is 2.79. The summed E-state index contributed by atoms with van der Waals surface area (Å²) in [5.41, 5.74) is 2.51. The Morgan fingerprint density at radius 2 is 2.00 bits per heavy atom. The molecular formula is C11H18N2O4S. The lowest BCUT2D eigenvalue weighted by Gasteiger charge is -2.04. The maximum atomic E-state index is 11.1. The summed E-state index contributed by atoms with van der Waals surface area (Å²) >= 11 is 0. The number of aryl methyl sites for hydroxylation is 2. The van der Waals surface area contributed by atoms with Gasteiger partial charge in [-0.2, -0.15) is 5.10 Å². The van der Waals surface area contributed by atoms with Gasteiger partial charge < -0.3 is 5.11 Å². The van der Waals surface area contributed by atoms with Crippen molar-refractivity contribution in [2.75, 3.05) is 12.0 Å². The highest BCUT2D eigenvalue weighted by molar-refractivity contribution is 7.90. The van der Waals surface area contributed by atoms with Crippen molar-refractivity contribution in [3.8, 4) is 0 Å². The summed E-state index contributed by atoms with van der Waals surface area (Å²) in [6, 6.07) is 0. The van der Waals surface area contributed by atoms with E-state index in [0.717, 1.165) is 17.0 Å². The van der Waals surface area contributed by atoms with Gasteiger partial charge in [-0.05, 0) is 25.8 Å². The van der Waals surface area contributed by atoms with Crippen molar-refractivity contribution in [1.29, 1.82) is 0 Å². The predicted octanol–water partition coefficient (Wildman–Crippen LogP) is 0.562. The topological polar surface area (TPSA) is 89.3 Å². The number of hydrogen-bond donors (Lipinski definition) is 1. The number of rotatable bonds is 6. The fourth-order valence-corrected chi connectivity index (χ4v) is 2.30. The first-order valence-electron chi connectivity index (χ1n) is 5.63. The maximum Gasteiger partial charge on any atom is 0.303 e. The molecule has 0 aliphatic rings. The lowest BCUT2D eigenvalue weighted by Crippen LogP contribution is -2.13. The molecule has 0 atom stereocenters. The van der Waals surface area contributed by atoms with Crippen molar-refractivity contribution in [3.63, 3.8) is 0 Å². The second-order valence-corrected chi connectivity index (χ2v) is 6.66. The Morgan fingerprint density at radius 3 is 2.50 bits per heavy atom. The van der Waals surface area contributed by atoms with E-state index in [9.17, 15) is 13.2 Å². The van der Waals surface area contributed by atoms with Crippen molar-refractivity contribution in [2.45, 2.75) is 33.2 Å². The van der Waals surface area contributed by atoms with Crippen LogP contribution < -0.4 is 0 Å². The van der Waals surface area contributed by atoms with Gasteiger partial charge in [0.15, 0.2) is 0 Å². The number of carboxylic acids is 1. The largest absolute Gasteiger partial charge is 0.481 e. The monoisotopic (exact) mass is 274 g/mol. The molecule has 1 aromatic rings. The number of carbonyl (C=O) groups is 1. The lowest BCUT2D eigenvalue weighted by atomic mass is 10.1. The van der Waals surface area contributed by atoms with Crippen molar-refractivity contribution in [1.82, 2.24) is 9.78 Å². The van der Waals surface area contributed by atoms with Crippen LogP contribution in [0.4, 0.5) is 0 Å². The van der Waals surface area contributed by atoms with Gasteiger partial charge in [0.2, 0.25) is 0 Å². The highest BCUT2D eigenvalue weighted by atomic mass is 32.2. The van der Waals surface area contributed by atoms with Gasteiger partial charge in [0.05, 0.1) is 18.0 Å². The number of nitrogens with zero attached hydrogens (tertiary/aromatic N) is 2. The Labute approximate surface area is 107 Å². The van der Waals surface area contributed by atoms with Crippen LogP contribution in [0, 0.1) is 13.8 Å². The molecule has 18 heavy (non-hydrogen) atoms. The minimum absolute atomic E-state index is 0.0351. The van der Waals surface area contributed by atoms with Gasteiger partial charge in [0.25, 0.3) is 0 Å². The summed E-state index contributed by atoms with van der Waals surface area (Å²) < 4.78 is 23.8. The molecule has 1 heterocycles. The van der Waals surface area contributed by atoms with Crippen LogP contribution in [-0.2, 0) is 27.6 Å². The lowest BCUT2D eigenvalue weighted by molar-refractivity contribution is -0.136. The van der Waals surface area contributed by atoms with Gasteiger partial charge in [-0.3, -0.25) is 9.48 Å². The fourth-order valence-electron chi connectivity index (χ4n) is 1.80. The molecule has 7 heteroatoms. The molecule has 0 bridgehead atoms. The van der Waals surface area contributed by atoms with Crippen LogP contribution in [0.3, 0.4) is 0 Å². The van der Waals surface area contributed by atoms with Crippen molar-refractivity contribution < 1.29 is 18.3 Å². The van der Waals surface area contributed by atoms with Crippen LogP contribution in [0.5, 0.6) is 0 Å². The first-order valence-corrected chi connectivity index (χ1v) is 7.69. The van der Waals surface area contributed by atoms with E-state index < -0.39 is 15.8 Å². The molecule has 0 aliphatic heterocycles. The molecule has 0 spiro atoms. The molecule has 0 amide bonds. The molecule has 0 saturated heterocycles. The molecule has 1 N–H and O–H groups in total. The van der Waals surface area contributed by atoms with E-state index in [1.807, 2.05) is 6.92 Å². The third kappa shape index (κ3) is 4.14. The van der Waals surface area contributed by atoms with Gasteiger partial charge in [-0.15, -0.1) is 0 Å². The molecule has 0 radical (unpaired) electrons. The van der Waals surface area contributed by atoms with Gasteiger partial charge >= 0.3 is 5.97 Å². The minimum atomic E-state index is -3.02. The number of aromatic nitrogens is 2. The van der Waals surface area contributed by atoms with E-state index in [1.165, 1.54) is 6.26 Å². The van der Waals surface area contributed by atoms with E-state index >= 15 is 0 Å². The van der Waals surface area contributed by atoms with E-state index in [4.69, 9.17) is 5.11 Å². The molecule has 0 aliphatic carbocycles. The Balaban J connectivity index is 2.83. The molecule has 6 nitrogen and oxygen atoms in total. The summed E-state index contributed by atoms with van der Waals surface area (Å²) in [6.45, 7) is 3.94. The SMILES string of the molecule is Cc1nn(CCS(C)(=O)=O)c(C)c1CCC(=O)O. The first kappa shape index (κ1) is 14.7. The van der Waals surface area contributed by atoms with Gasteiger partial charge in [0, 0.05) is 18.4 Å². The Hall–Kier alpha value is -1.37. The van der Waals surface area contributed by atoms with Crippen LogP contribution in [0.1, 0.15) is 23.4 Å².